The third-order valence-electron chi connectivity index (χ3n) is 3.30. The number of hydrogen-bond acceptors (Lipinski definition) is 5. The summed E-state index contributed by atoms with van der Waals surface area (Å²) in [6.07, 6.45) is 3.26. The Morgan fingerprint density at radius 2 is 2.33 bits per heavy atom. The molecule has 0 saturated carbocycles. The number of carboxylic acid groups (broad SMARTS) is 1. The number of nitrogens with one attached hydrogen (secondary N) is 1. The van der Waals surface area contributed by atoms with Gasteiger partial charge < -0.3 is 15.3 Å². The summed E-state index contributed by atoms with van der Waals surface area (Å²) in [4.78, 5) is 35.8. The molecule has 0 aliphatic carbocycles. The van der Waals surface area contributed by atoms with Crippen molar-refractivity contribution in [3.63, 3.8) is 0 Å². The van der Waals surface area contributed by atoms with Gasteiger partial charge in [-0.2, -0.15) is 0 Å². The van der Waals surface area contributed by atoms with Crippen LogP contribution in [0, 0.1) is 0 Å². The van der Waals surface area contributed by atoms with E-state index in [1.54, 1.807) is 0 Å². The molecule has 2 aliphatic heterocycles. The SMILES string of the molecule is O=C(Cc1cccs1)NC1(C(=O)O)C=CN2C(=O)C[C@H]2S1. The molecule has 1 aromatic rings. The average Bonchev–Trinajstić information content (AvgIpc) is 2.90. The van der Waals surface area contributed by atoms with Gasteiger partial charge in [-0.25, -0.2) is 4.79 Å². The fourth-order valence-electron chi connectivity index (χ4n) is 2.19. The van der Waals surface area contributed by atoms with Crippen molar-refractivity contribution in [2.45, 2.75) is 23.1 Å². The van der Waals surface area contributed by atoms with Crippen LogP contribution in [-0.2, 0) is 20.8 Å². The van der Waals surface area contributed by atoms with Crippen LogP contribution in [0.2, 0.25) is 0 Å². The molecule has 2 aliphatic rings. The number of β-lactam (4-membered cyclic amide) rings is 1. The molecule has 1 unspecified atom stereocenters. The molecule has 0 aromatic carbocycles. The Labute approximate surface area is 128 Å². The van der Waals surface area contributed by atoms with E-state index in [1.807, 2.05) is 17.5 Å². The van der Waals surface area contributed by atoms with Crippen molar-refractivity contribution in [3.05, 3.63) is 34.7 Å². The lowest BCUT2D eigenvalue weighted by atomic mass is 10.2. The summed E-state index contributed by atoms with van der Waals surface area (Å²) in [7, 11) is 0. The van der Waals surface area contributed by atoms with E-state index in [2.05, 4.69) is 5.32 Å². The van der Waals surface area contributed by atoms with Crippen LogP contribution in [0.1, 0.15) is 11.3 Å². The van der Waals surface area contributed by atoms with Crippen molar-refractivity contribution in [2.75, 3.05) is 0 Å². The molecule has 0 spiro atoms. The summed E-state index contributed by atoms with van der Waals surface area (Å²) in [6.45, 7) is 0. The fourth-order valence-corrected chi connectivity index (χ4v) is 4.26. The zero-order valence-corrected chi connectivity index (χ0v) is 12.4. The van der Waals surface area contributed by atoms with Gasteiger partial charge in [-0.05, 0) is 17.5 Å². The number of amides is 2. The molecular formula is C13H12N2O4S2. The van der Waals surface area contributed by atoms with Gasteiger partial charge in [0, 0.05) is 11.1 Å². The molecule has 1 aromatic heterocycles. The molecule has 1 saturated heterocycles. The van der Waals surface area contributed by atoms with Gasteiger partial charge in [0.15, 0.2) is 0 Å². The lowest BCUT2D eigenvalue weighted by Crippen LogP contribution is -2.59. The van der Waals surface area contributed by atoms with Crippen LogP contribution in [0.5, 0.6) is 0 Å². The number of carbonyl (C=O) groups excluding carboxylic acids is 2. The summed E-state index contributed by atoms with van der Waals surface area (Å²) in [5.41, 5.74) is 0. The van der Waals surface area contributed by atoms with Crippen LogP contribution in [0.25, 0.3) is 0 Å². The molecule has 3 heterocycles. The van der Waals surface area contributed by atoms with E-state index >= 15 is 0 Å². The molecule has 2 amide bonds. The van der Waals surface area contributed by atoms with E-state index in [0.29, 0.717) is 6.42 Å². The number of thioether (sulfide) groups is 1. The zero-order chi connectivity index (χ0) is 15.0. The third kappa shape index (κ3) is 2.56. The first kappa shape index (κ1) is 14.2. The number of aliphatic carboxylic acids is 1. The number of hydrogen-bond donors (Lipinski definition) is 2. The predicted octanol–water partition coefficient (Wildman–Crippen LogP) is 1.01. The maximum absolute atomic E-state index is 12.1. The molecule has 0 bridgehead atoms. The Bertz CT molecular complexity index is 628. The first-order chi connectivity index (χ1) is 10.00. The minimum Gasteiger partial charge on any atom is -0.479 e. The van der Waals surface area contributed by atoms with Crippen molar-refractivity contribution in [2.24, 2.45) is 0 Å². The number of carboxylic acids is 1. The first-order valence-electron chi connectivity index (χ1n) is 6.25. The molecule has 6 nitrogen and oxygen atoms in total. The van der Waals surface area contributed by atoms with Gasteiger partial charge in [0.25, 0.3) is 0 Å². The molecule has 1 fully saturated rings. The van der Waals surface area contributed by atoms with Gasteiger partial charge in [-0.3, -0.25) is 9.59 Å². The number of thiophene rings is 1. The van der Waals surface area contributed by atoms with Crippen LogP contribution < -0.4 is 5.32 Å². The monoisotopic (exact) mass is 324 g/mol. The van der Waals surface area contributed by atoms with Crippen LogP contribution in [-0.4, -0.2) is 38.0 Å². The summed E-state index contributed by atoms with van der Waals surface area (Å²) in [5.74, 6) is -1.52. The molecule has 0 radical (unpaired) electrons. The standard InChI is InChI=1S/C13H12N2O4S2/c16-9(6-8-2-1-5-20-8)14-13(12(18)19)3-4-15-10(17)7-11(15)21-13/h1-5,11H,6-7H2,(H,14,16)(H,18,19)/t11-,13?/m1/s1. The van der Waals surface area contributed by atoms with Crippen LogP contribution in [0.15, 0.2) is 29.8 Å². The second kappa shape index (κ2) is 5.19. The van der Waals surface area contributed by atoms with E-state index in [9.17, 15) is 19.5 Å². The highest BCUT2D eigenvalue weighted by Crippen LogP contribution is 2.42. The predicted molar refractivity (Wildman–Crippen MR) is 78.5 cm³/mol. The summed E-state index contributed by atoms with van der Waals surface area (Å²) >= 11 is 2.52. The van der Waals surface area contributed by atoms with Crippen molar-refractivity contribution in [1.82, 2.24) is 10.2 Å². The Kier molecular flexibility index (Phi) is 3.50. The molecule has 3 rings (SSSR count). The van der Waals surface area contributed by atoms with Gasteiger partial charge >= 0.3 is 5.97 Å². The quantitative estimate of drug-likeness (QED) is 0.807. The Morgan fingerprint density at radius 3 is 2.90 bits per heavy atom. The second-order valence-electron chi connectivity index (χ2n) is 4.74. The third-order valence-corrected chi connectivity index (χ3v) is 5.62. The van der Waals surface area contributed by atoms with Crippen LogP contribution >= 0.6 is 23.1 Å². The highest BCUT2D eigenvalue weighted by molar-refractivity contribution is 8.02. The summed E-state index contributed by atoms with van der Waals surface area (Å²) in [5, 5.41) is 13.7. The number of carbonyl (C=O) groups is 3. The Morgan fingerprint density at radius 1 is 1.52 bits per heavy atom. The van der Waals surface area contributed by atoms with Crippen molar-refractivity contribution >= 4 is 40.9 Å². The molecule has 2 N–H and O–H groups in total. The van der Waals surface area contributed by atoms with E-state index < -0.39 is 10.8 Å². The van der Waals surface area contributed by atoms with Crippen molar-refractivity contribution in [3.8, 4) is 0 Å². The largest absolute Gasteiger partial charge is 0.479 e. The molecule has 8 heteroatoms. The second-order valence-corrected chi connectivity index (χ2v) is 7.19. The summed E-state index contributed by atoms with van der Waals surface area (Å²) < 4.78 is 0. The lowest BCUT2D eigenvalue weighted by molar-refractivity contribution is -0.143. The zero-order valence-electron chi connectivity index (χ0n) is 10.8. The molecule has 21 heavy (non-hydrogen) atoms. The molecule has 2 atom stereocenters. The van der Waals surface area contributed by atoms with Gasteiger partial charge in [0.1, 0.15) is 0 Å². The number of fused-ring (bicyclic) bond motifs is 1. The van der Waals surface area contributed by atoms with E-state index in [-0.39, 0.29) is 23.6 Å². The summed E-state index contributed by atoms with van der Waals surface area (Å²) in [6, 6.07) is 3.67. The highest BCUT2D eigenvalue weighted by atomic mass is 32.2. The number of rotatable bonds is 4. The molecular weight excluding hydrogens is 312 g/mol. The lowest BCUT2D eigenvalue weighted by Gasteiger charge is -2.45. The fraction of sp³-hybridized carbons (Fsp3) is 0.308. The van der Waals surface area contributed by atoms with Gasteiger partial charge in [-0.1, -0.05) is 17.8 Å². The highest BCUT2D eigenvalue weighted by Gasteiger charge is 2.50. The Balaban J connectivity index is 1.74. The maximum Gasteiger partial charge on any atom is 0.344 e. The van der Waals surface area contributed by atoms with E-state index in [1.165, 1.54) is 28.5 Å². The minimum atomic E-state index is -1.50. The smallest absolute Gasteiger partial charge is 0.344 e. The van der Waals surface area contributed by atoms with Gasteiger partial charge in [0.2, 0.25) is 16.7 Å². The normalized spacial score (nSPS) is 27.0. The average molecular weight is 324 g/mol. The first-order valence-corrected chi connectivity index (χ1v) is 8.01. The van der Waals surface area contributed by atoms with Crippen molar-refractivity contribution < 1.29 is 19.5 Å². The van der Waals surface area contributed by atoms with Crippen LogP contribution in [0.3, 0.4) is 0 Å². The number of nitrogens with zero attached hydrogens (tertiary/aromatic N) is 1. The molecule has 110 valence electrons. The van der Waals surface area contributed by atoms with Crippen molar-refractivity contribution in [1.29, 1.82) is 0 Å². The maximum atomic E-state index is 12.1. The topological polar surface area (TPSA) is 86.7 Å². The van der Waals surface area contributed by atoms with Crippen LogP contribution in [0.4, 0.5) is 0 Å². The van der Waals surface area contributed by atoms with E-state index in [4.69, 9.17) is 0 Å². The van der Waals surface area contributed by atoms with E-state index in [0.717, 1.165) is 16.6 Å². The van der Waals surface area contributed by atoms with Gasteiger partial charge in [0.05, 0.1) is 18.2 Å². The minimum absolute atomic E-state index is 0.0346. The Hall–Kier alpha value is -1.80. The van der Waals surface area contributed by atoms with Gasteiger partial charge in [-0.15, -0.1) is 11.3 Å².